The average Bonchev–Trinajstić information content (AvgIpc) is 3.03. The monoisotopic (exact) mass is 302 g/mol. The third-order valence-corrected chi connectivity index (χ3v) is 3.18. The summed E-state index contributed by atoms with van der Waals surface area (Å²) < 4.78 is 9.97. The summed E-state index contributed by atoms with van der Waals surface area (Å²) in [5.41, 5.74) is 0.992. The number of aromatic nitrogens is 1. The molecule has 22 heavy (non-hydrogen) atoms. The zero-order valence-corrected chi connectivity index (χ0v) is 12.6. The maximum Gasteiger partial charge on any atom is 0.360 e. The third-order valence-electron chi connectivity index (χ3n) is 3.18. The number of nitrogens with zero attached hydrogens (tertiary/aromatic N) is 1. The fourth-order valence-electron chi connectivity index (χ4n) is 2.03. The number of carbonyl (C=O) groups excluding carboxylic acids is 2. The van der Waals surface area contributed by atoms with Crippen LogP contribution < -0.4 is 5.32 Å². The van der Waals surface area contributed by atoms with E-state index in [1.165, 1.54) is 7.11 Å². The molecule has 0 bridgehead atoms. The van der Waals surface area contributed by atoms with Gasteiger partial charge in [-0.2, -0.15) is 0 Å². The number of amides is 1. The number of benzene rings is 1. The molecular formula is C16H18N2O4. The second-order valence-corrected chi connectivity index (χ2v) is 4.68. The Morgan fingerprint density at radius 3 is 2.82 bits per heavy atom. The van der Waals surface area contributed by atoms with Crippen LogP contribution in [0.2, 0.25) is 0 Å². The fourth-order valence-corrected chi connectivity index (χ4v) is 2.03. The number of unbranched alkanes of at least 4 members (excludes halogenated alkanes) is 1. The van der Waals surface area contributed by atoms with Gasteiger partial charge in [0, 0.05) is 12.1 Å². The first-order valence-corrected chi connectivity index (χ1v) is 7.08. The predicted octanol–water partition coefficient (Wildman–Crippen LogP) is 2.66. The van der Waals surface area contributed by atoms with Gasteiger partial charge in [-0.1, -0.05) is 31.5 Å². The molecule has 2 aromatic rings. The molecule has 1 aromatic carbocycles. The zero-order chi connectivity index (χ0) is 15.9. The van der Waals surface area contributed by atoms with Crippen LogP contribution in [0, 0.1) is 0 Å². The van der Waals surface area contributed by atoms with E-state index in [-0.39, 0.29) is 17.4 Å². The van der Waals surface area contributed by atoms with Crippen LogP contribution in [-0.4, -0.2) is 30.5 Å². The van der Waals surface area contributed by atoms with Crippen molar-refractivity contribution in [2.75, 3.05) is 13.7 Å². The van der Waals surface area contributed by atoms with Gasteiger partial charge in [0.25, 0.3) is 5.91 Å². The number of esters is 1. The highest BCUT2D eigenvalue weighted by Crippen LogP contribution is 2.27. The molecule has 6 heteroatoms. The number of methoxy groups -OCH3 is 1. The van der Waals surface area contributed by atoms with Crippen molar-refractivity contribution in [2.24, 2.45) is 0 Å². The Kier molecular flexibility index (Phi) is 5.30. The number of nitrogens with one attached hydrogen (secondary N) is 1. The van der Waals surface area contributed by atoms with Crippen molar-refractivity contribution < 1.29 is 18.7 Å². The second-order valence-electron chi connectivity index (χ2n) is 4.68. The summed E-state index contributed by atoms with van der Waals surface area (Å²) in [5, 5.41) is 2.85. The van der Waals surface area contributed by atoms with E-state index in [1.54, 1.807) is 24.3 Å². The minimum Gasteiger partial charge on any atom is -0.464 e. The lowest BCUT2D eigenvalue weighted by atomic mass is 10.0. The number of hydrogen-bond donors (Lipinski definition) is 1. The van der Waals surface area contributed by atoms with E-state index in [2.05, 4.69) is 22.0 Å². The molecular weight excluding hydrogens is 284 g/mol. The molecule has 0 unspecified atom stereocenters. The van der Waals surface area contributed by atoms with Crippen molar-refractivity contribution in [1.29, 1.82) is 0 Å². The molecule has 0 saturated heterocycles. The maximum atomic E-state index is 12.3. The van der Waals surface area contributed by atoms with Gasteiger partial charge in [0.05, 0.1) is 12.7 Å². The van der Waals surface area contributed by atoms with Crippen molar-refractivity contribution in [1.82, 2.24) is 10.3 Å². The van der Waals surface area contributed by atoms with Gasteiger partial charge in [-0.15, -0.1) is 0 Å². The highest BCUT2D eigenvalue weighted by atomic mass is 16.5. The van der Waals surface area contributed by atoms with Crippen LogP contribution in [0.4, 0.5) is 0 Å². The smallest absolute Gasteiger partial charge is 0.360 e. The van der Waals surface area contributed by atoms with Crippen molar-refractivity contribution in [3.05, 3.63) is 41.9 Å². The minimum atomic E-state index is -0.607. The Bertz CT molecular complexity index is 664. The number of hydrogen-bond acceptors (Lipinski definition) is 5. The van der Waals surface area contributed by atoms with Gasteiger partial charge < -0.3 is 14.5 Å². The van der Waals surface area contributed by atoms with E-state index < -0.39 is 5.97 Å². The number of rotatable bonds is 6. The van der Waals surface area contributed by atoms with E-state index in [1.807, 2.05) is 0 Å². The molecule has 2 rings (SSSR count). The van der Waals surface area contributed by atoms with Crippen LogP contribution >= 0.6 is 0 Å². The molecule has 0 spiro atoms. The largest absolute Gasteiger partial charge is 0.464 e. The highest BCUT2D eigenvalue weighted by molar-refractivity contribution is 6.03. The van der Waals surface area contributed by atoms with Gasteiger partial charge in [-0.05, 0) is 12.5 Å². The maximum absolute atomic E-state index is 12.3. The number of carbonyl (C=O) groups is 2. The van der Waals surface area contributed by atoms with E-state index in [0.717, 1.165) is 19.2 Å². The van der Waals surface area contributed by atoms with Crippen LogP contribution in [0.15, 0.2) is 35.1 Å². The third kappa shape index (κ3) is 3.33. The molecule has 0 radical (unpaired) electrons. The summed E-state index contributed by atoms with van der Waals surface area (Å²) in [6.07, 6.45) is 3.06. The van der Waals surface area contributed by atoms with Gasteiger partial charge in [0.1, 0.15) is 0 Å². The number of ether oxygens (including phenoxy) is 1. The number of oxazole rings is 1. The lowest BCUT2D eigenvalue weighted by Crippen LogP contribution is -2.25. The molecule has 1 aromatic heterocycles. The standard InChI is InChI=1S/C16H18N2O4/c1-3-4-9-17-15(19)12-8-6-5-7-11(12)14-13(16(20)21-2)18-10-22-14/h5-8,10H,3-4,9H2,1-2H3,(H,17,19). The molecule has 0 saturated carbocycles. The molecule has 6 nitrogen and oxygen atoms in total. The van der Waals surface area contributed by atoms with Crippen molar-refractivity contribution in [3.63, 3.8) is 0 Å². The summed E-state index contributed by atoms with van der Waals surface area (Å²) in [6, 6.07) is 6.91. The summed E-state index contributed by atoms with van der Waals surface area (Å²) in [7, 11) is 1.27. The molecule has 1 N–H and O–H groups in total. The lowest BCUT2D eigenvalue weighted by Gasteiger charge is -2.09. The molecule has 0 fully saturated rings. The fraction of sp³-hybridized carbons (Fsp3) is 0.312. The van der Waals surface area contributed by atoms with Crippen LogP contribution in [0.25, 0.3) is 11.3 Å². The van der Waals surface area contributed by atoms with E-state index in [9.17, 15) is 9.59 Å². The quantitative estimate of drug-likeness (QED) is 0.655. The Morgan fingerprint density at radius 2 is 2.09 bits per heavy atom. The predicted molar refractivity (Wildman–Crippen MR) is 80.5 cm³/mol. The first-order valence-electron chi connectivity index (χ1n) is 7.08. The first-order chi connectivity index (χ1) is 10.7. The molecule has 116 valence electrons. The molecule has 0 aliphatic carbocycles. The molecule has 0 aliphatic rings. The van der Waals surface area contributed by atoms with Crippen LogP contribution in [0.1, 0.15) is 40.6 Å². The molecule has 1 heterocycles. The molecule has 0 aliphatic heterocycles. The average molecular weight is 302 g/mol. The van der Waals surface area contributed by atoms with Gasteiger partial charge >= 0.3 is 5.97 Å². The summed E-state index contributed by atoms with van der Waals surface area (Å²) >= 11 is 0. The van der Waals surface area contributed by atoms with E-state index >= 15 is 0 Å². The zero-order valence-electron chi connectivity index (χ0n) is 12.6. The van der Waals surface area contributed by atoms with Crippen molar-refractivity contribution >= 4 is 11.9 Å². The normalized spacial score (nSPS) is 10.3. The molecule has 0 atom stereocenters. The summed E-state index contributed by atoms with van der Waals surface area (Å²) in [4.78, 5) is 27.9. The summed E-state index contributed by atoms with van der Waals surface area (Å²) in [5.74, 6) is -0.589. The topological polar surface area (TPSA) is 81.4 Å². The van der Waals surface area contributed by atoms with Gasteiger partial charge in [-0.25, -0.2) is 9.78 Å². The lowest BCUT2D eigenvalue weighted by molar-refractivity contribution is 0.0595. The second kappa shape index (κ2) is 7.40. The van der Waals surface area contributed by atoms with Crippen LogP contribution in [-0.2, 0) is 4.74 Å². The van der Waals surface area contributed by atoms with Crippen molar-refractivity contribution in [2.45, 2.75) is 19.8 Å². The van der Waals surface area contributed by atoms with E-state index in [0.29, 0.717) is 17.7 Å². The van der Waals surface area contributed by atoms with Gasteiger partial charge in [0.2, 0.25) is 0 Å². The summed E-state index contributed by atoms with van der Waals surface area (Å²) in [6.45, 7) is 2.65. The van der Waals surface area contributed by atoms with E-state index in [4.69, 9.17) is 4.42 Å². The van der Waals surface area contributed by atoms with Gasteiger partial charge in [0.15, 0.2) is 17.8 Å². The Labute approximate surface area is 128 Å². The highest BCUT2D eigenvalue weighted by Gasteiger charge is 2.22. The SMILES string of the molecule is CCCCNC(=O)c1ccccc1-c1ocnc1C(=O)OC. The van der Waals surface area contributed by atoms with Crippen LogP contribution in [0.5, 0.6) is 0 Å². The Morgan fingerprint density at radius 1 is 1.32 bits per heavy atom. The Balaban J connectivity index is 2.35. The minimum absolute atomic E-state index is 0.0521. The first kappa shape index (κ1) is 15.8. The van der Waals surface area contributed by atoms with Gasteiger partial charge in [-0.3, -0.25) is 4.79 Å². The van der Waals surface area contributed by atoms with Crippen LogP contribution in [0.3, 0.4) is 0 Å². The molecule has 1 amide bonds. The van der Waals surface area contributed by atoms with Crippen molar-refractivity contribution in [3.8, 4) is 11.3 Å². The Hall–Kier alpha value is -2.63.